The van der Waals surface area contributed by atoms with Crippen LogP contribution in [0, 0.1) is 11.6 Å². The Labute approximate surface area is 116 Å². The van der Waals surface area contributed by atoms with E-state index in [1.54, 1.807) is 26.3 Å². The van der Waals surface area contributed by atoms with Crippen LogP contribution in [0.5, 0.6) is 0 Å². The minimum atomic E-state index is -0.547. The van der Waals surface area contributed by atoms with E-state index in [0.717, 1.165) is 0 Å². The summed E-state index contributed by atoms with van der Waals surface area (Å²) >= 11 is 0. The van der Waals surface area contributed by atoms with Crippen LogP contribution in [-0.2, 0) is 17.8 Å². The van der Waals surface area contributed by atoms with Crippen LogP contribution >= 0.6 is 0 Å². The molecule has 1 atom stereocenters. The van der Waals surface area contributed by atoms with Gasteiger partial charge in [-0.2, -0.15) is 0 Å². The number of rotatable bonds is 6. The highest BCUT2D eigenvalue weighted by molar-refractivity contribution is 5.23. The van der Waals surface area contributed by atoms with Crippen molar-refractivity contribution in [3.05, 3.63) is 59.1 Å². The molecule has 1 N–H and O–H groups in total. The number of methoxy groups -OCH3 is 1. The molecule has 1 aromatic carbocycles. The van der Waals surface area contributed by atoms with Gasteiger partial charge >= 0.3 is 0 Å². The first kappa shape index (κ1) is 14.7. The van der Waals surface area contributed by atoms with Crippen molar-refractivity contribution in [3.63, 3.8) is 0 Å². The zero-order valence-corrected chi connectivity index (χ0v) is 11.5. The molecule has 2 rings (SSSR count). The lowest BCUT2D eigenvalue weighted by Gasteiger charge is -2.14. The van der Waals surface area contributed by atoms with Crippen molar-refractivity contribution < 1.29 is 17.9 Å². The quantitative estimate of drug-likeness (QED) is 0.883. The number of halogens is 2. The average Bonchev–Trinajstić information content (AvgIpc) is 2.87. The smallest absolute Gasteiger partial charge is 0.129 e. The molecule has 1 aromatic heterocycles. The summed E-state index contributed by atoms with van der Waals surface area (Å²) in [5.41, 5.74) is 0.0524. The molecule has 1 heterocycles. The summed E-state index contributed by atoms with van der Waals surface area (Å²) in [6.07, 6.45) is 0.176. The zero-order chi connectivity index (χ0) is 14.5. The van der Waals surface area contributed by atoms with E-state index < -0.39 is 11.6 Å². The van der Waals surface area contributed by atoms with Crippen LogP contribution in [0.25, 0.3) is 0 Å². The molecule has 108 valence electrons. The van der Waals surface area contributed by atoms with Crippen LogP contribution in [0.2, 0.25) is 0 Å². The van der Waals surface area contributed by atoms with Crippen molar-refractivity contribution in [2.45, 2.75) is 19.1 Å². The first-order valence-corrected chi connectivity index (χ1v) is 6.33. The van der Waals surface area contributed by atoms with E-state index >= 15 is 0 Å². The monoisotopic (exact) mass is 281 g/mol. The first-order valence-electron chi connectivity index (χ1n) is 6.33. The van der Waals surface area contributed by atoms with Crippen molar-refractivity contribution in [1.29, 1.82) is 0 Å². The maximum absolute atomic E-state index is 13.7. The molecule has 0 aliphatic carbocycles. The Kier molecular flexibility index (Phi) is 4.87. The Morgan fingerprint density at radius 1 is 1.20 bits per heavy atom. The van der Waals surface area contributed by atoms with Gasteiger partial charge in [-0.1, -0.05) is 6.07 Å². The van der Waals surface area contributed by atoms with Gasteiger partial charge in [0, 0.05) is 19.1 Å². The summed E-state index contributed by atoms with van der Waals surface area (Å²) in [6.45, 7) is 0.366. The fourth-order valence-electron chi connectivity index (χ4n) is 2.08. The predicted molar refractivity (Wildman–Crippen MR) is 71.3 cm³/mol. The first-order chi connectivity index (χ1) is 9.65. The van der Waals surface area contributed by atoms with Gasteiger partial charge < -0.3 is 14.5 Å². The lowest BCUT2D eigenvalue weighted by molar-refractivity contribution is 0.161. The van der Waals surface area contributed by atoms with Gasteiger partial charge in [-0.15, -0.1) is 0 Å². The molecule has 2 aromatic rings. The van der Waals surface area contributed by atoms with E-state index in [4.69, 9.17) is 9.15 Å². The summed E-state index contributed by atoms with van der Waals surface area (Å²) in [5.74, 6) is 0.210. The van der Waals surface area contributed by atoms with Crippen LogP contribution in [-0.4, -0.2) is 14.2 Å². The SMILES string of the molecule is CNC(Cc1c(F)cccc1F)c1ccc(COC)o1. The number of ether oxygens (including phenoxy) is 1. The largest absolute Gasteiger partial charge is 0.462 e. The fraction of sp³-hybridized carbons (Fsp3) is 0.333. The van der Waals surface area contributed by atoms with Crippen molar-refractivity contribution in [1.82, 2.24) is 5.32 Å². The van der Waals surface area contributed by atoms with Crippen LogP contribution < -0.4 is 5.32 Å². The van der Waals surface area contributed by atoms with Crippen LogP contribution in [0.1, 0.15) is 23.1 Å². The number of hydrogen-bond acceptors (Lipinski definition) is 3. The van der Waals surface area contributed by atoms with Gasteiger partial charge in [0.25, 0.3) is 0 Å². The summed E-state index contributed by atoms with van der Waals surface area (Å²) in [5, 5.41) is 3.01. The summed E-state index contributed by atoms with van der Waals surface area (Å²) in [7, 11) is 3.30. The summed E-state index contributed by atoms with van der Waals surface area (Å²) in [4.78, 5) is 0. The minimum absolute atomic E-state index is 0.0524. The number of likely N-dealkylation sites (N-methyl/N-ethyl adjacent to an activating group) is 1. The third-order valence-corrected chi connectivity index (χ3v) is 3.13. The molecule has 20 heavy (non-hydrogen) atoms. The third-order valence-electron chi connectivity index (χ3n) is 3.13. The van der Waals surface area contributed by atoms with E-state index in [9.17, 15) is 8.78 Å². The molecule has 1 unspecified atom stereocenters. The molecule has 0 radical (unpaired) electrons. The molecule has 0 bridgehead atoms. The lowest BCUT2D eigenvalue weighted by atomic mass is 10.0. The average molecular weight is 281 g/mol. The van der Waals surface area contributed by atoms with E-state index in [1.165, 1.54) is 18.2 Å². The van der Waals surface area contributed by atoms with Gasteiger partial charge in [0.2, 0.25) is 0 Å². The molecule has 3 nitrogen and oxygen atoms in total. The van der Waals surface area contributed by atoms with Crippen molar-refractivity contribution in [3.8, 4) is 0 Å². The number of hydrogen-bond donors (Lipinski definition) is 1. The topological polar surface area (TPSA) is 34.4 Å². The number of furan rings is 1. The minimum Gasteiger partial charge on any atom is -0.462 e. The summed E-state index contributed by atoms with van der Waals surface area (Å²) in [6, 6.07) is 7.14. The fourth-order valence-corrected chi connectivity index (χ4v) is 2.08. The second-order valence-corrected chi connectivity index (χ2v) is 4.48. The van der Waals surface area contributed by atoms with Crippen LogP contribution in [0.15, 0.2) is 34.7 Å². The Morgan fingerprint density at radius 2 is 1.90 bits per heavy atom. The van der Waals surface area contributed by atoms with Gasteiger partial charge in [-0.05, 0) is 31.3 Å². The second-order valence-electron chi connectivity index (χ2n) is 4.48. The Morgan fingerprint density at radius 3 is 2.50 bits per heavy atom. The Balaban J connectivity index is 2.20. The van der Waals surface area contributed by atoms with Crippen molar-refractivity contribution >= 4 is 0 Å². The Hall–Kier alpha value is -1.72. The van der Waals surface area contributed by atoms with E-state index in [1.807, 2.05) is 0 Å². The molecule has 0 saturated carbocycles. The van der Waals surface area contributed by atoms with Crippen molar-refractivity contribution in [2.75, 3.05) is 14.2 Å². The van der Waals surface area contributed by atoms with Crippen LogP contribution in [0.3, 0.4) is 0 Å². The van der Waals surface area contributed by atoms with Gasteiger partial charge in [0.05, 0.1) is 6.04 Å². The lowest BCUT2D eigenvalue weighted by Crippen LogP contribution is -2.19. The molecule has 0 spiro atoms. The molecule has 0 amide bonds. The maximum Gasteiger partial charge on any atom is 0.129 e. The predicted octanol–water partition coefficient (Wildman–Crippen LogP) is 3.21. The third kappa shape index (κ3) is 3.23. The van der Waals surface area contributed by atoms with Gasteiger partial charge in [-0.25, -0.2) is 8.78 Å². The van der Waals surface area contributed by atoms with E-state index in [-0.39, 0.29) is 18.0 Å². The van der Waals surface area contributed by atoms with Crippen molar-refractivity contribution in [2.24, 2.45) is 0 Å². The standard InChI is InChI=1S/C15H17F2NO2/c1-18-14(15-7-6-10(20-15)9-19-2)8-11-12(16)4-3-5-13(11)17/h3-7,14,18H,8-9H2,1-2H3. The van der Waals surface area contributed by atoms with E-state index in [0.29, 0.717) is 18.1 Å². The van der Waals surface area contributed by atoms with Gasteiger partial charge in [-0.3, -0.25) is 0 Å². The zero-order valence-electron chi connectivity index (χ0n) is 11.5. The molecular weight excluding hydrogens is 264 g/mol. The molecule has 0 aliphatic heterocycles. The molecule has 5 heteroatoms. The Bertz CT molecular complexity index is 549. The second kappa shape index (κ2) is 6.63. The highest BCUT2D eigenvalue weighted by Gasteiger charge is 2.19. The molecular formula is C15H17F2NO2. The molecule has 0 aliphatic rings. The highest BCUT2D eigenvalue weighted by Crippen LogP contribution is 2.24. The molecule has 0 fully saturated rings. The molecule has 0 saturated heterocycles. The van der Waals surface area contributed by atoms with Gasteiger partial charge in [0.15, 0.2) is 0 Å². The van der Waals surface area contributed by atoms with Crippen LogP contribution in [0.4, 0.5) is 8.78 Å². The normalized spacial score (nSPS) is 12.6. The maximum atomic E-state index is 13.7. The van der Waals surface area contributed by atoms with Gasteiger partial charge in [0.1, 0.15) is 29.8 Å². The summed E-state index contributed by atoms with van der Waals surface area (Å²) < 4.78 is 37.9. The highest BCUT2D eigenvalue weighted by atomic mass is 19.1. The number of benzene rings is 1. The van der Waals surface area contributed by atoms with E-state index in [2.05, 4.69) is 5.32 Å². The number of nitrogens with one attached hydrogen (secondary N) is 1.